The summed E-state index contributed by atoms with van der Waals surface area (Å²) in [5.41, 5.74) is 0.258. The fourth-order valence-electron chi connectivity index (χ4n) is 2.54. The maximum atomic E-state index is 13.9. The van der Waals surface area contributed by atoms with Crippen molar-refractivity contribution < 1.29 is 23.8 Å². The molecule has 6 heteroatoms. The van der Waals surface area contributed by atoms with Crippen LogP contribution in [-0.4, -0.2) is 36.7 Å². The summed E-state index contributed by atoms with van der Waals surface area (Å²) in [5, 5.41) is 8.99. The Bertz CT molecular complexity index is 546. The minimum absolute atomic E-state index is 0.0321. The Morgan fingerprint density at radius 3 is 2.90 bits per heavy atom. The Morgan fingerprint density at radius 1 is 1.48 bits per heavy atom. The topological polar surface area (TPSA) is 66.8 Å². The SMILES string of the molecule is CCOC(=O)C1CCCN(c2cc(C(=O)O)ccc2F)C1. The van der Waals surface area contributed by atoms with Crippen LogP contribution in [-0.2, 0) is 9.53 Å². The molecule has 0 radical (unpaired) electrons. The summed E-state index contributed by atoms with van der Waals surface area (Å²) in [4.78, 5) is 24.5. The van der Waals surface area contributed by atoms with Gasteiger partial charge in [-0.1, -0.05) is 0 Å². The molecule has 1 saturated heterocycles. The van der Waals surface area contributed by atoms with Gasteiger partial charge < -0.3 is 14.7 Å². The van der Waals surface area contributed by atoms with Crippen LogP contribution in [0.25, 0.3) is 0 Å². The lowest BCUT2D eigenvalue weighted by Gasteiger charge is -2.33. The number of carboxylic acid groups (broad SMARTS) is 1. The lowest BCUT2D eigenvalue weighted by atomic mass is 9.97. The van der Waals surface area contributed by atoms with Gasteiger partial charge >= 0.3 is 11.9 Å². The lowest BCUT2D eigenvalue weighted by molar-refractivity contribution is -0.148. The first-order valence-electron chi connectivity index (χ1n) is 6.97. The van der Waals surface area contributed by atoms with Crippen LogP contribution in [0.3, 0.4) is 0 Å². The summed E-state index contributed by atoms with van der Waals surface area (Å²) in [7, 11) is 0. The molecule has 1 atom stereocenters. The third kappa shape index (κ3) is 3.51. The number of ether oxygens (including phenoxy) is 1. The highest BCUT2D eigenvalue weighted by Gasteiger charge is 2.28. The summed E-state index contributed by atoms with van der Waals surface area (Å²) in [5.74, 6) is -2.16. The molecule has 1 unspecified atom stereocenters. The highest BCUT2D eigenvalue weighted by molar-refractivity contribution is 5.89. The summed E-state index contributed by atoms with van der Waals surface area (Å²) >= 11 is 0. The van der Waals surface area contributed by atoms with Gasteiger partial charge in [0.15, 0.2) is 0 Å². The van der Waals surface area contributed by atoms with E-state index in [1.54, 1.807) is 11.8 Å². The zero-order valence-corrected chi connectivity index (χ0v) is 11.8. The first kappa shape index (κ1) is 15.3. The van der Waals surface area contributed by atoms with Crippen molar-refractivity contribution in [2.75, 3.05) is 24.6 Å². The molecule has 1 heterocycles. The molecule has 1 aromatic rings. The number of piperidine rings is 1. The van der Waals surface area contributed by atoms with Crippen molar-refractivity contribution in [1.82, 2.24) is 0 Å². The summed E-state index contributed by atoms with van der Waals surface area (Å²) in [6.07, 6.45) is 1.44. The summed E-state index contributed by atoms with van der Waals surface area (Å²) in [6, 6.07) is 3.69. The van der Waals surface area contributed by atoms with E-state index in [9.17, 15) is 14.0 Å². The van der Waals surface area contributed by atoms with E-state index >= 15 is 0 Å². The van der Waals surface area contributed by atoms with Crippen molar-refractivity contribution in [3.05, 3.63) is 29.6 Å². The zero-order valence-electron chi connectivity index (χ0n) is 11.8. The fourth-order valence-corrected chi connectivity index (χ4v) is 2.54. The Kier molecular flexibility index (Phi) is 4.77. The molecule has 0 saturated carbocycles. The molecule has 1 aliphatic heterocycles. The molecule has 0 spiro atoms. The maximum absolute atomic E-state index is 13.9. The normalized spacial score (nSPS) is 18.4. The van der Waals surface area contributed by atoms with E-state index in [4.69, 9.17) is 9.84 Å². The number of benzene rings is 1. The largest absolute Gasteiger partial charge is 0.478 e. The first-order valence-corrected chi connectivity index (χ1v) is 6.97. The van der Waals surface area contributed by atoms with Crippen molar-refractivity contribution in [2.45, 2.75) is 19.8 Å². The second-order valence-corrected chi connectivity index (χ2v) is 5.01. The quantitative estimate of drug-likeness (QED) is 0.863. The molecule has 1 N–H and O–H groups in total. The van der Waals surface area contributed by atoms with Crippen molar-refractivity contribution in [1.29, 1.82) is 0 Å². The van der Waals surface area contributed by atoms with Gasteiger partial charge in [0.05, 0.1) is 23.8 Å². The Hall–Kier alpha value is -2.11. The Balaban J connectivity index is 2.19. The van der Waals surface area contributed by atoms with Gasteiger partial charge in [-0.25, -0.2) is 9.18 Å². The van der Waals surface area contributed by atoms with E-state index in [1.165, 1.54) is 12.1 Å². The second kappa shape index (κ2) is 6.56. The van der Waals surface area contributed by atoms with Gasteiger partial charge in [-0.05, 0) is 38.0 Å². The van der Waals surface area contributed by atoms with E-state index in [-0.39, 0.29) is 23.1 Å². The van der Waals surface area contributed by atoms with Crippen molar-refractivity contribution in [3.63, 3.8) is 0 Å². The summed E-state index contributed by atoms with van der Waals surface area (Å²) < 4.78 is 18.9. The predicted octanol–water partition coefficient (Wildman–Crippen LogP) is 2.30. The molecule has 2 rings (SSSR count). The highest BCUT2D eigenvalue weighted by Crippen LogP contribution is 2.27. The van der Waals surface area contributed by atoms with Gasteiger partial charge in [0, 0.05) is 13.1 Å². The molecule has 5 nitrogen and oxygen atoms in total. The molecule has 0 aromatic heterocycles. The van der Waals surface area contributed by atoms with Gasteiger partial charge in [-0.2, -0.15) is 0 Å². The molecule has 0 aliphatic carbocycles. The maximum Gasteiger partial charge on any atom is 0.335 e. The van der Waals surface area contributed by atoms with Crippen LogP contribution in [0.4, 0.5) is 10.1 Å². The van der Waals surface area contributed by atoms with Crippen LogP contribution in [0.5, 0.6) is 0 Å². The van der Waals surface area contributed by atoms with Gasteiger partial charge in [0.2, 0.25) is 0 Å². The Labute approximate surface area is 122 Å². The highest BCUT2D eigenvalue weighted by atomic mass is 19.1. The first-order chi connectivity index (χ1) is 10.0. The monoisotopic (exact) mass is 295 g/mol. The number of carboxylic acids is 1. The Morgan fingerprint density at radius 2 is 2.24 bits per heavy atom. The minimum atomic E-state index is -1.10. The van der Waals surface area contributed by atoms with Gasteiger partial charge in [-0.15, -0.1) is 0 Å². The molecular weight excluding hydrogens is 277 g/mol. The van der Waals surface area contributed by atoms with Gasteiger partial charge in [-0.3, -0.25) is 4.79 Å². The number of halogens is 1. The van der Waals surface area contributed by atoms with Crippen LogP contribution in [0.1, 0.15) is 30.1 Å². The smallest absolute Gasteiger partial charge is 0.335 e. The molecule has 21 heavy (non-hydrogen) atoms. The average molecular weight is 295 g/mol. The van der Waals surface area contributed by atoms with Crippen LogP contribution in [0.15, 0.2) is 18.2 Å². The number of carbonyl (C=O) groups excluding carboxylic acids is 1. The number of hydrogen-bond acceptors (Lipinski definition) is 4. The van der Waals surface area contributed by atoms with Gasteiger partial charge in [0.25, 0.3) is 0 Å². The molecule has 114 valence electrons. The van der Waals surface area contributed by atoms with E-state index in [2.05, 4.69) is 0 Å². The minimum Gasteiger partial charge on any atom is -0.478 e. The van der Waals surface area contributed by atoms with Crippen molar-refractivity contribution >= 4 is 17.6 Å². The number of aromatic carboxylic acids is 1. The van der Waals surface area contributed by atoms with Crippen LogP contribution in [0, 0.1) is 11.7 Å². The van der Waals surface area contributed by atoms with E-state index in [0.29, 0.717) is 26.1 Å². The van der Waals surface area contributed by atoms with Crippen LogP contribution < -0.4 is 4.90 Å². The van der Waals surface area contributed by atoms with E-state index in [1.807, 2.05) is 0 Å². The summed E-state index contributed by atoms with van der Waals surface area (Å²) in [6.45, 7) is 3.00. The van der Waals surface area contributed by atoms with Crippen LogP contribution >= 0.6 is 0 Å². The fraction of sp³-hybridized carbons (Fsp3) is 0.467. The molecule has 0 amide bonds. The van der Waals surface area contributed by atoms with Gasteiger partial charge in [0.1, 0.15) is 5.82 Å². The zero-order chi connectivity index (χ0) is 15.4. The number of carbonyl (C=O) groups is 2. The third-order valence-electron chi connectivity index (χ3n) is 3.58. The molecular formula is C15H18FNO4. The lowest BCUT2D eigenvalue weighted by Crippen LogP contribution is -2.40. The van der Waals surface area contributed by atoms with E-state index < -0.39 is 11.8 Å². The standard InChI is InChI=1S/C15H18FNO4/c1-2-21-15(20)11-4-3-7-17(9-11)13-8-10(14(18)19)5-6-12(13)16/h5-6,8,11H,2-4,7,9H2,1H3,(H,18,19). The molecule has 1 aromatic carbocycles. The molecule has 1 aliphatic rings. The van der Waals surface area contributed by atoms with Crippen molar-refractivity contribution in [3.8, 4) is 0 Å². The predicted molar refractivity (Wildman–Crippen MR) is 74.9 cm³/mol. The van der Waals surface area contributed by atoms with Crippen molar-refractivity contribution in [2.24, 2.45) is 5.92 Å². The van der Waals surface area contributed by atoms with E-state index in [0.717, 1.165) is 12.5 Å². The third-order valence-corrected chi connectivity index (χ3v) is 3.58. The molecule has 1 fully saturated rings. The number of esters is 1. The number of hydrogen-bond donors (Lipinski definition) is 1. The number of rotatable bonds is 4. The molecule has 0 bridgehead atoms. The number of nitrogens with zero attached hydrogens (tertiary/aromatic N) is 1. The number of anilines is 1. The average Bonchev–Trinajstić information content (AvgIpc) is 2.48. The second-order valence-electron chi connectivity index (χ2n) is 5.01. The van der Waals surface area contributed by atoms with Crippen LogP contribution in [0.2, 0.25) is 0 Å².